The van der Waals surface area contributed by atoms with Gasteiger partial charge in [0.2, 0.25) is 11.8 Å². The van der Waals surface area contributed by atoms with Gasteiger partial charge in [0, 0.05) is 43.8 Å². The van der Waals surface area contributed by atoms with E-state index in [0.717, 1.165) is 57.2 Å². The molecule has 1 aromatic rings. The van der Waals surface area contributed by atoms with Gasteiger partial charge in [-0.1, -0.05) is 23.7 Å². The summed E-state index contributed by atoms with van der Waals surface area (Å²) < 4.78 is 5.38. The lowest BCUT2D eigenvalue weighted by atomic mass is 9.92. The number of nitrogens with zero attached hydrogens (tertiary/aromatic N) is 1. The molecule has 0 radical (unpaired) electrons. The third-order valence-corrected chi connectivity index (χ3v) is 6.79. The average Bonchev–Trinajstić information content (AvgIpc) is 3.55. The van der Waals surface area contributed by atoms with Crippen LogP contribution in [-0.4, -0.2) is 49.6 Å². The van der Waals surface area contributed by atoms with Gasteiger partial charge in [-0.05, 0) is 62.1 Å². The fourth-order valence-corrected chi connectivity index (χ4v) is 4.71. The molecule has 3 aliphatic rings. The molecule has 0 spiro atoms. The van der Waals surface area contributed by atoms with Gasteiger partial charge in [0.25, 0.3) is 0 Å². The molecule has 2 heterocycles. The first-order chi connectivity index (χ1) is 13.6. The Balaban J connectivity index is 1.30. The molecule has 2 saturated heterocycles. The minimum atomic E-state index is -0.378. The van der Waals surface area contributed by atoms with Crippen molar-refractivity contribution in [3.05, 3.63) is 34.9 Å². The van der Waals surface area contributed by atoms with Crippen LogP contribution in [0, 0.1) is 11.8 Å². The summed E-state index contributed by atoms with van der Waals surface area (Å²) >= 11 is 5.98. The molecule has 1 atom stereocenters. The van der Waals surface area contributed by atoms with E-state index < -0.39 is 0 Å². The van der Waals surface area contributed by atoms with E-state index in [-0.39, 0.29) is 23.1 Å². The zero-order valence-corrected chi connectivity index (χ0v) is 17.0. The van der Waals surface area contributed by atoms with E-state index in [0.29, 0.717) is 30.7 Å². The Labute approximate surface area is 171 Å². The number of likely N-dealkylation sites (tertiary alicyclic amines) is 1. The van der Waals surface area contributed by atoms with Crippen LogP contribution < -0.4 is 5.32 Å². The van der Waals surface area contributed by atoms with E-state index in [2.05, 4.69) is 5.32 Å². The van der Waals surface area contributed by atoms with Crippen LogP contribution in [0.2, 0.25) is 5.02 Å². The summed E-state index contributed by atoms with van der Waals surface area (Å²) in [7, 11) is 0. The molecular weight excluding hydrogens is 376 g/mol. The van der Waals surface area contributed by atoms with Crippen molar-refractivity contribution in [3.8, 4) is 0 Å². The number of nitrogens with one attached hydrogen (secondary N) is 1. The van der Waals surface area contributed by atoms with Crippen molar-refractivity contribution in [3.63, 3.8) is 0 Å². The number of amides is 2. The molecule has 2 amide bonds. The molecule has 5 nitrogen and oxygen atoms in total. The van der Waals surface area contributed by atoms with Crippen molar-refractivity contribution >= 4 is 23.4 Å². The van der Waals surface area contributed by atoms with Gasteiger partial charge in [-0.15, -0.1) is 0 Å². The highest BCUT2D eigenvalue weighted by molar-refractivity contribution is 6.30. The number of halogens is 1. The Morgan fingerprint density at radius 1 is 1.14 bits per heavy atom. The number of benzene rings is 1. The molecule has 28 heavy (non-hydrogen) atoms. The summed E-state index contributed by atoms with van der Waals surface area (Å²) in [5, 5.41) is 3.87. The van der Waals surface area contributed by atoms with E-state index in [4.69, 9.17) is 16.3 Å². The van der Waals surface area contributed by atoms with E-state index in [1.807, 2.05) is 29.2 Å². The van der Waals surface area contributed by atoms with Crippen LogP contribution >= 0.6 is 11.6 Å². The van der Waals surface area contributed by atoms with Gasteiger partial charge in [-0.3, -0.25) is 9.59 Å². The van der Waals surface area contributed by atoms with E-state index in [9.17, 15) is 9.59 Å². The Hall–Kier alpha value is -1.59. The maximum Gasteiger partial charge on any atom is 0.230 e. The number of carbonyl (C=O) groups is 2. The standard InChI is InChI=1S/C22H29ClN2O3/c23-19-5-3-18(4-6-19)22(9-10-22)21(27)24-14-16-2-1-11-25(15-16)20(26)17-7-12-28-13-8-17/h3-6,16-17H,1-2,7-15H2,(H,24,27)/t16-/m0/s1. The van der Waals surface area contributed by atoms with Gasteiger partial charge in [-0.2, -0.15) is 0 Å². The predicted molar refractivity (Wildman–Crippen MR) is 108 cm³/mol. The molecular formula is C22H29ClN2O3. The lowest BCUT2D eigenvalue weighted by Gasteiger charge is -2.36. The Kier molecular flexibility index (Phi) is 5.93. The van der Waals surface area contributed by atoms with Crippen molar-refractivity contribution in [1.82, 2.24) is 10.2 Å². The summed E-state index contributed by atoms with van der Waals surface area (Å²) in [6.07, 6.45) is 5.52. The predicted octanol–water partition coefficient (Wildman–Crippen LogP) is 3.15. The van der Waals surface area contributed by atoms with Gasteiger partial charge in [0.05, 0.1) is 5.41 Å². The van der Waals surface area contributed by atoms with Gasteiger partial charge >= 0.3 is 0 Å². The Bertz CT molecular complexity index is 711. The van der Waals surface area contributed by atoms with Crippen molar-refractivity contribution in [2.45, 2.75) is 43.9 Å². The van der Waals surface area contributed by atoms with Crippen LogP contribution in [0.5, 0.6) is 0 Å². The summed E-state index contributed by atoms with van der Waals surface area (Å²) in [6, 6.07) is 7.63. The smallest absolute Gasteiger partial charge is 0.230 e. The highest BCUT2D eigenvalue weighted by Crippen LogP contribution is 2.48. The molecule has 3 fully saturated rings. The van der Waals surface area contributed by atoms with Crippen molar-refractivity contribution < 1.29 is 14.3 Å². The van der Waals surface area contributed by atoms with Crippen molar-refractivity contribution in [2.75, 3.05) is 32.8 Å². The van der Waals surface area contributed by atoms with Gasteiger partial charge in [0.15, 0.2) is 0 Å². The summed E-state index contributed by atoms with van der Waals surface area (Å²) in [6.45, 7) is 3.62. The number of hydrogen-bond donors (Lipinski definition) is 1. The molecule has 1 aliphatic carbocycles. The first-order valence-corrected chi connectivity index (χ1v) is 10.9. The van der Waals surface area contributed by atoms with Crippen LogP contribution in [0.25, 0.3) is 0 Å². The molecule has 1 saturated carbocycles. The minimum Gasteiger partial charge on any atom is -0.381 e. The molecule has 6 heteroatoms. The largest absolute Gasteiger partial charge is 0.381 e. The van der Waals surface area contributed by atoms with E-state index >= 15 is 0 Å². The first-order valence-electron chi connectivity index (χ1n) is 10.5. The quantitative estimate of drug-likeness (QED) is 0.820. The summed E-state index contributed by atoms with van der Waals surface area (Å²) in [5.74, 6) is 0.839. The lowest BCUT2D eigenvalue weighted by molar-refractivity contribution is -0.140. The number of ether oxygens (including phenoxy) is 1. The normalized spacial score (nSPS) is 24.6. The Morgan fingerprint density at radius 2 is 1.86 bits per heavy atom. The topological polar surface area (TPSA) is 58.6 Å². The third kappa shape index (κ3) is 4.20. The van der Waals surface area contributed by atoms with E-state index in [1.165, 1.54) is 0 Å². The number of hydrogen-bond acceptors (Lipinski definition) is 3. The fourth-order valence-electron chi connectivity index (χ4n) is 4.58. The van der Waals surface area contributed by atoms with Crippen molar-refractivity contribution in [2.24, 2.45) is 11.8 Å². The second-order valence-electron chi connectivity index (χ2n) is 8.48. The van der Waals surface area contributed by atoms with Crippen LogP contribution in [0.3, 0.4) is 0 Å². The molecule has 2 aliphatic heterocycles. The first kappa shape index (κ1) is 19.7. The molecule has 0 aromatic heterocycles. The number of rotatable bonds is 5. The second kappa shape index (κ2) is 8.42. The van der Waals surface area contributed by atoms with Crippen LogP contribution in [-0.2, 0) is 19.7 Å². The molecule has 0 bridgehead atoms. The van der Waals surface area contributed by atoms with Gasteiger partial charge in [0.1, 0.15) is 0 Å². The minimum absolute atomic E-state index is 0.113. The molecule has 1 N–H and O–H groups in total. The number of piperidine rings is 1. The summed E-state index contributed by atoms with van der Waals surface area (Å²) in [5.41, 5.74) is 0.672. The van der Waals surface area contributed by atoms with E-state index in [1.54, 1.807) is 0 Å². The monoisotopic (exact) mass is 404 g/mol. The molecule has 1 aromatic carbocycles. The summed E-state index contributed by atoms with van der Waals surface area (Å²) in [4.78, 5) is 27.7. The van der Waals surface area contributed by atoms with Crippen molar-refractivity contribution in [1.29, 1.82) is 0 Å². The highest BCUT2D eigenvalue weighted by atomic mass is 35.5. The molecule has 0 unspecified atom stereocenters. The lowest BCUT2D eigenvalue weighted by Crippen LogP contribution is -2.47. The van der Waals surface area contributed by atoms with Crippen LogP contribution in [0.15, 0.2) is 24.3 Å². The number of carbonyl (C=O) groups excluding carboxylic acids is 2. The maximum absolute atomic E-state index is 12.9. The highest BCUT2D eigenvalue weighted by Gasteiger charge is 2.51. The zero-order valence-electron chi connectivity index (χ0n) is 16.3. The second-order valence-corrected chi connectivity index (χ2v) is 8.91. The van der Waals surface area contributed by atoms with Gasteiger partial charge in [-0.25, -0.2) is 0 Å². The third-order valence-electron chi connectivity index (χ3n) is 6.53. The molecule has 152 valence electrons. The molecule has 4 rings (SSSR count). The zero-order chi connectivity index (χ0) is 19.6. The Morgan fingerprint density at radius 3 is 2.54 bits per heavy atom. The SMILES string of the molecule is O=C(C1CCOCC1)N1CCC[C@@H](CNC(=O)C2(c3ccc(Cl)cc3)CC2)C1. The van der Waals surface area contributed by atoms with Crippen LogP contribution in [0.4, 0.5) is 0 Å². The van der Waals surface area contributed by atoms with Crippen LogP contribution in [0.1, 0.15) is 44.1 Å². The van der Waals surface area contributed by atoms with Gasteiger partial charge < -0.3 is 15.0 Å². The maximum atomic E-state index is 12.9. The fraction of sp³-hybridized carbons (Fsp3) is 0.636. The average molecular weight is 405 g/mol.